The lowest BCUT2D eigenvalue weighted by Gasteiger charge is -2.44. The summed E-state index contributed by atoms with van der Waals surface area (Å²) in [5.41, 5.74) is 2.53. The number of fused-ring (bicyclic) bond motifs is 3. The number of benzene rings is 3. The molecule has 1 aliphatic rings. The Balaban J connectivity index is 1.49. The Morgan fingerprint density at radius 1 is 1.00 bits per heavy atom. The van der Waals surface area contributed by atoms with Crippen LogP contribution < -0.4 is 10.1 Å². The number of nitrogens with one attached hydrogen (secondary N) is 1. The summed E-state index contributed by atoms with van der Waals surface area (Å²) in [7, 11) is 1.64. The largest absolute Gasteiger partial charge is 0.496 e. The summed E-state index contributed by atoms with van der Waals surface area (Å²) < 4.78 is 7.49. The van der Waals surface area contributed by atoms with E-state index < -0.39 is 5.54 Å². The molecule has 0 radical (unpaired) electrons. The molecule has 0 saturated heterocycles. The summed E-state index contributed by atoms with van der Waals surface area (Å²) in [5, 5.41) is 4.08. The Bertz CT molecular complexity index is 1380. The highest BCUT2D eigenvalue weighted by Gasteiger charge is 2.47. The molecule has 1 aliphatic heterocycles. The Hall–Kier alpha value is -4.06. The topological polar surface area (TPSA) is 63.6 Å². The molecule has 6 heteroatoms. The highest BCUT2D eigenvalue weighted by atomic mass is 16.5. The molecule has 1 atom stereocenters. The zero-order chi connectivity index (χ0) is 24.4. The number of amides is 2. The van der Waals surface area contributed by atoms with Crippen molar-refractivity contribution in [1.29, 1.82) is 0 Å². The average molecular weight is 468 g/mol. The van der Waals surface area contributed by atoms with Gasteiger partial charge in [0, 0.05) is 24.0 Å². The van der Waals surface area contributed by atoms with Gasteiger partial charge in [-0.2, -0.15) is 0 Å². The summed E-state index contributed by atoms with van der Waals surface area (Å²) in [6.45, 7) is 3.05. The van der Waals surface area contributed by atoms with Crippen LogP contribution in [0.2, 0.25) is 0 Å². The van der Waals surface area contributed by atoms with Crippen LogP contribution in [0.25, 0.3) is 10.9 Å². The van der Waals surface area contributed by atoms with Crippen molar-refractivity contribution < 1.29 is 14.3 Å². The summed E-state index contributed by atoms with van der Waals surface area (Å²) in [4.78, 5) is 29.3. The molecule has 2 heterocycles. The molecular formula is C29H29N3O3. The molecule has 5 rings (SSSR count). The molecule has 0 bridgehead atoms. The fourth-order valence-corrected chi connectivity index (χ4v) is 4.97. The standard InChI is InChI=1S/C29H29N3O3/c1-29(28(34)30-19-21-10-4-3-5-11-21)20-31-24-14-8-6-13-23(24)18-25(31)27(33)32(29)17-16-22-12-7-9-15-26(22)35-2/h3-15,18H,16-17,19-20H2,1-2H3,(H,30,34)/t29-/m0/s1. The third-order valence-corrected chi connectivity index (χ3v) is 6.92. The maximum atomic E-state index is 13.9. The maximum Gasteiger partial charge on any atom is 0.271 e. The van der Waals surface area contributed by atoms with Crippen molar-refractivity contribution in [2.75, 3.05) is 13.7 Å². The van der Waals surface area contributed by atoms with Gasteiger partial charge >= 0.3 is 0 Å². The van der Waals surface area contributed by atoms with E-state index >= 15 is 0 Å². The molecular weight excluding hydrogens is 438 g/mol. The highest BCUT2D eigenvalue weighted by Crippen LogP contribution is 2.33. The SMILES string of the molecule is COc1ccccc1CCN1C(=O)c2cc3ccccc3n2C[C@@]1(C)C(=O)NCc1ccccc1. The van der Waals surface area contributed by atoms with E-state index in [0.29, 0.717) is 31.7 Å². The van der Waals surface area contributed by atoms with Crippen LogP contribution in [0.5, 0.6) is 5.75 Å². The normalized spacial score (nSPS) is 17.3. The molecule has 0 spiro atoms. The predicted octanol–water partition coefficient (Wildman–Crippen LogP) is 4.42. The first-order chi connectivity index (χ1) is 17.0. The second kappa shape index (κ2) is 9.29. The number of methoxy groups -OCH3 is 1. The van der Waals surface area contributed by atoms with Gasteiger partial charge in [0.25, 0.3) is 5.91 Å². The lowest BCUT2D eigenvalue weighted by Crippen LogP contribution is -2.64. The van der Waals surface area contributed by atoms with Crippen LogP contribution in [0.1, 0.15) is 28.5 Å². The molecule has 35 heavy (non-hydrogen) atoms. The predicted molar refractivity (Wildman–Crippen MR) is 136 cm³/mol. The highest BCUT2D eigenvalue weighted by molar-refractivity contribution is 6.03. The Morgan fingerprint density at radius 2 is 1.71 bits per heavy atom. The number of ether oxygens (including phenoxy) is 1. The van der Waals surface area contributed by atoms with Crippen LogP contribution in [-0.2, 0) is 24.3 Å². The Kier molecular flexibility index (Phi) is 6.03. The number of hydrogen-bond acceptors (Lipinski definition) is 3. The van der Waals surface area contributed by atoms with Crippen molar-refractivity contribution in [1.82, 2.24) is 14.8 Å². The lowest BCUT2D eigenvalue weighted by molar-refractivity contribution is -0.133. The van der Waals surface area contributed by atoms with Gasteiger partial charge in [0.1, 0.15) is 17.0 Å². The maximum absolute atomic E-state index is 13.9. The molecule has 3 aromatic carbocycles. The van der Waals surface area contributed by atoms with E-state index in [1.165, 1.54) is 0 Å². The van der Waals surface area contributed by atoms with Gasteiger partial charge in [0.2, 0.25) is 5.91 Å². The molecule has 178 valence electrons. The number of aromatic nitrogens is 1. The molecule has 1 N–H and O–H groups in total. The smallest absolute Gasteiger partial charge is 0.271 e. The van der Waals surface area contributed by atoms with Crippen LogP contribution in [0.15, 0.2) is 84.9 Å². The van der Waals surface area contributed by atoms with E-state index in [1.54, 1.807) is 12.0 Å². The van der Waals surface area contributed by atoms with Crippen LogP contribution in [0, 0.1) is 0 Å². The van der Waals surface area contributed by atoms with E-state index in [1.807, 2.05) is 96.4 Å². The van der Waals surface area contributed by atoms with Crippen molar-refractivity contribution in [2.45, 2.75) is 32.0 Å². The van der Waals surface area contributed by atoms with Gasteiger partial charge in [-0.1, -0.05) is 66.7 Å². The summed E-state index contributed by atoms with van der Waals surface area (Å²) in [6, 6.07) is 27.4. The van der Waals surface area contributed by atoms with Crippen LogP contribution >= 0.6 is 0 Å². The van der Waals surface area contributed by atoms with Crippen molar-refractivity contribution >= 4 is 22.7 Å². The minimum Gasteiger partial charge on any atom is -0.496 e. The first kappa shape index (κ1) is 22.7. The Morgan fingerprint density at radius 3 is 2.51 bits per heavy atom. The molecule has 6 nitrogen and oxygen atoms in total. The monoisotopic (exact) mass is 467 g/mol. The van der Waals surface area contributed by atoms with Gasteiger partial charge in [-0.15, -0.1) is 0 Å². The molecule has 2 amide bonds. The van der Waals surface area contributed by atoms with E-state index in [0.717, 1.165) is 27.8 Å². The third-order valence-electron chi connectivity index (χ3n) is 6.92. The van der Waals surface area contributed by atoms with E-state index in [-0.39, 0.29) is 11.8 Å². The van der Waals surface area contributed by atoms with Gasteiger partial charge in [-0.25, -0.2) is 0 Å². The first-order valence-corrected chi connectivity index (χ1v) is 11.9. The van der Waals surface area contributed by atoms with Gasteiger partial charge in [-0.05, 0) is 42.7 Å². The number of hydrogen-bond donors (Lipinski definition) is 1. The second-order valence-corrected chi connectivity index (χ2v) is 9.14. The van der Waals surface area contributed by atoms with E-state index in [2.05, 4.69) is 5.32 Å². The molecule has 0 fully saturated rings. The zero-order valence-corrected chi connectivity index (χ0v) is 20.0. The molecule has 0 unspecified atom stereocenters. The minimum atomic E-state index is -1.05. The number of carbonyl (C=O) groups excluding carboxylic acids is 2. The Labute approximate surface area is 205 Å². The first-order valence-electron chi connectivity index (χ1n) is 11.9. The molecule has 0 saturated carbocycles. The van der Waals surface area contributed by atoms with Gasteiger partial charge in [0.15, 0.2) is 0 Å². The molecule has 4 aromatic rings. The van der Waals surface area contributed by atoms with E-state index in [9.17, 15) is 9.59 Å². The number of nitrogens with zero attached hydrogens (tertiary/aromatic N) is 2. The summed E-state index contributed by atoms with van der Waals surface area (Å²) >= 11 is 0. The average Bonchev–Trinajstić information content (AvgIpc) is 3.26. The van der Waals surface area contributed by atoms with Crippen molar-refractivity contribution in [3.63, 3.8) is 0 Å². The third kappa shape index (κ3) is 4.16. The lowest BCUT2D eigenvalue weighted by atomic mass is 9.93. The zero-order valence-electron chi connectivity index (χ0n) is 20.0. The number of carbonyl (C=O) groups is 2. The molecule has 1 aromatic heterocycles. The minimum absolute atomic E-state index is 0.139. The second-order valence-electron chi connectivity index (χ2n) is 9.14. The van der Waals surface area contributed by atoms with Gasteiger partial charge in [0.05, 0.1) is 13.7 Å². The summed E-state index contributed by atoms with van der Waals surface area (Å²) in [5.74, 6) is 0.471. The van der Waals surface area contributed by atoms with Crippen molar-refractivity contribution in [3.8, 4) is 5.75 Å². The summed E-state index contributed by atoms with van der Waals surface area (Å²) in [6.07, 6.45) is 0.581. The van der Waals surface area contributed by atoms with Crippen LogP contribution in [-0.4, -0.2) is 40.5 Å². The quantitative estimate of drug-likeness (QED) is 0.438. The van der Waals surface area contributed by atoms with Gasteiger partial charge in [-0.3, -0.25) is 9.59 Å². The fraction of sp³-hybridized carbons (Fsp3) is 0.241. The van der Waals surface area contributed by atoms with E-state index in [4.69, 9.17) is 4.74 Å². The van der Waals surface area contributed by atoms with Crippen LogP contribution in [0.3, 0.4) is 0 Å². The fourth-order valence-electron chi connectivity index (χ4n) is 4.97. The van der Waals surface area contributed by atoms with Gasteiger partial charge < -0.3 is 19.5 Å². The van der Waals surface area contributed by atoms with Crippen LogP contribution in [0.4, 0.5) is 0 Å². The number of para-hydroxylation sites is 2. The molecule has 0 aliphatic carbocycles. The number of rotatable bonds is 7. The van der Waals surface area contributed by atoms with Crippen molar-refractivity contribution in [3.05, 3.63) is 102 Å². The van der Waals surface area contributed by atoms with Crippen molar-refractivity contribution in [2.24, 2.45) is 0 Å².